The molecule has 1 aromatic carbocycles. The van der Waals surface area contributed by atoms with Crippen molar-refractivity contribution in [2.24, 2.45) is 4.99 Å². The number of hydrogen-bond acceptors (Lipinski definition) is 6. The number of halogens is 2. The maximum absolute atomic E-state index is 13.7. The van der Waals surface area contributed by atoms with Gasteiger partial charge in [0.2, 0.25) is 0 Å². The predicted molar refractivity (Wildman–Crippen MR) is 145 cm³/mol. The van der Waals surface area contributed by atoms with Crippen molar-refractivity contribution in [1.29, 1.82) is 0 Å². The fourth-order valence-corrected chi connectivity index (χ4v) is 5.61. The van der Waals surface area contributed by atoms with Crippen LogP contribution in [0.1, 0.15) is 36.0 Å². The van der Waals surface area contributed by atoms with Gasteiger partial charge in [-0.1, -0.05) is 12.1 Å². The predicted octanol–water partition coefficient (Wildman–Crippen LogP) is 4.99. The van der Waals surface area contributed by atoms with Crippen LogP contribution in [0.3, 0.4) is 0 Å². The maximum Gasteiger partial charge on any atom is 0.261 e. The van der Waals surface area contributed by atoms with Gasteiger partial charge in [0.05, 0.1) is 35.4 Å². The molecule has 196 valence electrons. The highest BCUT2D eigenvalue weighted by atomic mass is 19.3. The van der Waals surface area contributed by atoms with Crippen LogP contribution in [0, 0.1) is 0 Å². The van der Waals surface area contributed by atoms with Crippen molar-refractivity contribution in [2.75, 3.05) is 19.6 Å². The molecular weight excluding hydrogens is 498 g/mol. The topological polar surface area (TPSA) is 98.7 Å². The molecular formula is C29H26F2N8. The molecule has 0 amide bonds. The van der Waals surface area contributed by atoms with E-state index in [0.29, 0.717) is 31.2 Å². The molecule has 4 aromatic heterocycles. The molecule has 7 rings (SSSR count). The molecule has 0 bridgehead atoms. The third kappa shape index (κ3) is 4.21. The largest absolute Gasteiger partial charge is 0.339 e. The Morgan fingerprint density at radius 3 is 2.82 bits per heavy atom. The van der Waals surface area contributed by atoms with Gasteiger partial charge in [0.25, 0.3) is 5.92 Å². The standard InChI is InChI=1S/C29H26F2N8/c1-28(24-4-2-3-8-34-24)16-33-14-23-26(28)36-27(35-23)25-21-11-19(5-6-22(21)37-38-25)20-10-18(12-32-13-20)15-39-9-7-29(30,31)17-39/h2-6,8,10-14H,7,9,15-17H2,1H3,(H,35,36)(H,37,38). The van der Waals surface area contributed by atoms with Gasteiger partial charge < -0.3 is 4.98 Å². The van der Waals surface area contributed by atoms with Crippen LogP contribution in [0.2, 0.25) is 0 Å². The second-order valence-electron chi connectivity index (χ2n) is 10.6. The van der Waals surface area contributed by atoms with Crippen LogP contribution in [-0.2, 0) is 12.0 Å². The Kier molecular flexibility index (Phi) is 5.41. The van der Waals surface area contributed by atoms with E-state index >= 15 is 0 Å². The molecule has 1 fully saturated rings. The first-order chi connectivity index (χ1) is 18.9. The monoisotopic (exact) mass is 524 g/mol. The molecule has 2 aliphatic heterocycles. The summed E-state index contributed by atoms with van der Waals surface area (Å²) in [7, 11) is 0. The fraction of sp³-hybridized carbons (Fsp3) is 0.276. The molecule has 0 spiro atoms. The van der Waals surface area contributed by atoms with Crippen molar-refractivity contribution in [3.63, 3.8) is 0 Å². The van der Waals surface area contributed by atoms with Crippen LogP contribution in [0.5, 0.6) is 0 Å². The van der Waals surface area contributed by atoms with Gasteiger partial charge in [0, 0.05) is 55.3 Å². The summed E-state index contributed by atoms with van der Waals surface area (Å²) in [5.41, 5.74) is 6.61. The van der Waals surface area contributed by atoms with Crippen molar-refractivity contribution in [2.45, 2.75) is 31.2 Å². The lowest BCUT2D eigenvalue weighted by atomic mass is 9.80. The molecule has 2 aliphatic rings. The summed E-state index contributed by atoms with van der Waals surface area (Å²) < 4.78 is 27.3. The Labute approximate surface area is 223 Å². The number of nitrogens with zero attached hydrogens (tertiary/aromatic N) is 6. The zero-order chi connectivity index (χ0) is 26.6. The first kappa shape index (κ1) is 23.8. The molecule has 8 nitrogen and oxygen atoms in total. The normalized spacial score (nSPS) is 20.5. The molecule has 2 N–H and O–H groups in total. The average Bonchev–Trinajstić information content (AvgIpc) is 3.65. The zero-order valence-corrected chi connectivity index (χ0v) is 21.3. The summed E-state index contributed by atoms with van der Waals surface area (Å²) in [6, 6.07) is 14.0. The third-order valence-corrected chi connectivity index (χ3v) is 7.71. The van der Waals surface area contributed by atoms with Crippen LogP contribution in [-0.4, -0.2) is 66.8 Å². The first-order valence-corrected chi connectivity index (χ1v) is 12.9. The second kappa shape index (κ2) is 8.88. The number of rotatable bonds is 5. The minimum atomic E-state index is -2.61. The van der Waals surface area contributed by atoms with Crippen molar-refractivity contribution >= 4 is 17.1 Å². The highest BCUT2D eigenvalue weighted by Gasteiger charge is 2.38. The number of nitrogens with one attached hydrogen (secondary N) is 2. The summed E-state index contributed by atoms with van der Waals surface area (Å²) in [5.74, 6) is -1.96. The number of aromatic amines is 2. The van der Waals surface area contributed by atoms with E-state index in [0.717, 1.165) is 44.7 Å². The van der Waals surface area contributed by atoms with Gasteiger partial charge in [0.1, 0.15) is 11.4 Å². The number of pyridine rings is 2. The van der Waals surface area contributed by atoms with Gasteiger partial charge in [0.15, 0.2) is 5.82 Å². The Morgan fingerprint density at radius 1 is 1.08 bits per heavy atom. The summed E-state index contributed by atoms with van der Waals surface area (Å²) >= 11 is 0. The van der Waals surface area contributed by atoms with Crippen LogP contribution in [0.15, 0.2) is 66.0 Å². The summed E-state index contributed by atoms with van der Waals surface area (Å²) in [6.45, 7) is 3.32. The average molecular weight is 525 g/mol. The van der Waals surface area contributed by atoms with E-state index < -0.39 is 11.3 Å². The Balaban J connectivity index is 1.23. The van der Waals surface area contributed by atoms with E-state index in [-0.39, 0.29) is 13.0 Å². The molecule has 1 saturated heterocycles. The summed E-state index contributed by atoms with van der Waals surface area (Å²) in [6.07, 6.45) is 7.04. The number of likely N-dealkylation sites (tertiary alicyclic amines) is 1. The molecule has 1 atom stereocenters. The van der Waals surface area contributed by atoms with Crippen molar-refractivity contribution in [3.8, 4) is 22.6 Å². The number of fused-ring (bicyclic) bond motifs is 2. The number of aliphatic imine (C=N–C) groups is 1. The third-order valence-electron chi connectivity index (χ3n) is 7.71. The Bertz CT molecular complexity index is 1710. The number of H-pyrrole nitrogens is 2. The van der Waals surface area contributed by atoms with Gasteiger partial charge in [-0.3, -0.25) is 25.0 Å². The quantitative estimate of drug-likeness (QED) is 0.338. The van der Waals surface area contributed by atoms with Crippen molar-refractivity contribution in [1.82, 2.24) is 35.0 Å². The highest BCUT2D eigenvalue weighted by Crippen LogP contribution is 2.37. The van der Waals surface area contributed by atoms with E-state index in [9.17, 15) is 8.78 Å². The van der Waals surface area contributed by atoms with E-state index in [1.54, 1.807) is 29.7 Å². The van der Waals surface area contributed by atoms with Crippen molar-refractivity contribution in [3.05, 3.63) is 83.7 Å². The minimum absolute atomic E-state index is 0.0941. The smallest absolute Gasteiger partial charge is 0.261 e. The minimum Gasteiger partial charge on any atom is -0.339 e. The van der Waals surface area contributed by atoms with E-state index in [1.165, 1.54) is 0 Å². The molecule has 0 saturated carbocycles. The highest BCUT2D eigenvalue weighted by molar-refractivity contribution is 5.95. The molecule has 6 heterocycles. The van der Waals surface area contributed by atoms with Crippen LogP contribution in [0.25, 0.3) is 33.5 Å². The number of hydrogen-bond donors (Lipinski definition) is 2. The molecule has 1 unspecified atom stereocenters. The fourth-order valence-electron chi connectivity index (χ4n) is 5.61. The lowest BCUT2D eigenvalue weighted by Crippen LogP contribution is -2.32. The number of imidazole rings is 1. The van der Waals surface area contributed by atoms with Gasteiger partial charge in [-0.25, -0.2) is 13.8 Å². The van der Waals surface area contributed by atoms with Gasteiger partial charge in [-0.2, -0.15) is 5.10 Å². The van der Waals surface area contributed by atoms with E-state index in [4.69, 9.17) is 4.98 Å². The Morgan fingerprint density at radius 2 is 2.00 bits per heavy atom. The lowest BCUT2D eigenvalue weighted by Gasteiger charge is -2.28. The van der Waals surface area contributed by atoms with E-state index in [1.807, 2.05) is 36.4 Å². The number of benzene rings is 1. The molecule has 39 heavy (non-hydrogen) atoms. The maximum atomic E-state index is 13.7. The van der Waals surface area contributed by atoms with Crippen LogP contribution >= 0.6 is 0 Å². The van der Waals surface area contributed by atoms with Crippen LogP contribution < -0.4 is 0 Å². The second-order valence-corrected chi connectivity index (χ2v) is 10.6. The molecule has 10 heteroatoms. The van der Waals surface area contributed by atoms with Gasteiger partial charge in [-0.15, -0.1) is 0 Å². The zero-order valence-electron chi connectivity index (χ0n) is 21.3. The molecule has 0 radical (unpaired) electrons. The number of aromatic nitrogens is 6. The number of alkyl halides is 2. The SMILES string of the molecule is CC1(c2ccccn2)CN=Cc2nc(-c3n[nH]c4ccc(-c5cncc(CN6CCC(F)(F)C6)c5)cc34)[nH]c21. The first-order valence-electron chi connectivity index (χ1n) is 12.9. The lowest BCUT2D eigenvalue weighted by molar-refractivity contribution is 0.0115. The summed E-state index contributed by atoms with van der Waals surface area (Å²) in [4.78, 5) is 23.7. The van der Waals surface area contributed by atoms with Crippen LogP contribution in [0.4, 0.5) is 8.78 Å². The van der Waals surface area contributed by atoms with E-state index in [2.05, 4.69) is 43.1 Å². The van der Waals surface area contributed by atoms with Gasteiger partial charge >= 0.3 is 0 Å². The summed E-state index contributed by atoms with van der Waals surface area (Å²) in [5, 5.41) is 8.62. The molecule has 5 aromatic rings. The molecule has 0 aliphatic carbocycles. The Hall–Kier alpha value is -4.31. The van der Waals surface area contributed by atoms with Crippen molar-refractivity contribution < 1.29 is 8.78 Å². The van der Waals surface area contributed by atoms with Gasteiger partial charge in [-0.05, 0) is 48.4 Å².